The third-order valence-electron chi connectivity index (χ3n) is 4.07. The van der Waals surface area contributed by atoms with Crippen LogP contribution in [0.4, 0.5) is 0 Å². The average Bonchev–Trinajstić information content (AvgIpc) is 2.48. The molecule has 0 aliphatic carbocycles. The van der Waals surface area contributed by atoms with Gasteiger partial charge < -0.3 is 9.64 Å². The van der Waals surface area contributed by atoms with E-state index < -0.39 is 5.41 Å². The lowest BCUT2D eigenvalue weighted by Gasteiger charge is -2.36. The number of rotatable bonds is 4. The van der Waals surface area contributed by atoms with E-state index in [0.717, 1.165) is 12.8 Å². The van der Waals surface area contributed by atoms with Gasteiger partial charge in [-0.2, -0.15) is 5.26 Å². The standard InChI is InChI=1S/C14H22N2O3/c1-4-14(5-2,10-15)13(18)16-8-6-7-11(9-16)12(17)19-3/h11H,4-9H2,1-3H3. The van der Waals surface area contributed by atoms with Crippen molar-refractivity contribution in [2.24, 2.45) is 11.3 Å². The van der Waals surface area contributed by atoms with Crippen LogP contribution in [-0.2, 0) is 14.3 Å². The zero-order valence-electron chi connectivity index (χ0n) is 11.9. The van der Waals surface area contributed by atoms with Gasteiger partial charge in [0.1, 0.15) is 5.41 Å². The molecule has 0 aromatic carbocycles. The van der Waals surface area contributed by atoms with E-state index in [1.54, 1.807) is 4.90 Å². The lowest BCUT2D eigenvalue weighted by molar-refractivity contribution is -0.150. The van der Waals surface area contributed by atoms with Gasteiger partial charge in [-0.15, -0.1) is 0 Å². The summed E-state index contributed by atoms with van der Waals surface area (Å²) in [5, 5.41) is 9.31. The maximum absolute atomic E-state index is 12.5. The van der Waals surface area contributed by atoms with E-state index in [9.17, 15) is 14.9 Å². The SMILES string of the molecule is CCC(C#N)(CC)C(=O)N1CCCC(C(=O)OC)C1. The summed E-state index contributed by atoms with van der Waals surface area (Å²) in [5.74, 6) is -0.672. The van der Waals surface area contributed by atoms with Gasteiger partial charge in [0.2, 0.25) is 5.91 Å². The molecule has 0 radical (unpaired) electrons. The molecule has 0 aromatic heterocycles. The van der Waals surface area contributed by atoms with Gasteiger partial charge in [0.15, 0.2) is 0 Å². The summed E-state index contributed by atoms with van der Waals surface area (Å²) in [6.45, 7) is 4.70. The van der Waals surface area contributed by atoms with Gasteiger partial charge in [0.05, 0.1) is 19.1 Å². The van der Waals surface area contributed by atoms with Crippen LogP contribution in [-0.4, -0.2) is 37.0 Å². The lowest BCUT2D eigenvalue weighted by atomic mass is 9.81. The third kappa shape index (κ3) is 3.06. The first-order valence-electron chi connectivity index (χ1n) is 6.83. The molecule has 19 heavy (non-hydrogen) atoms. The van der Waals surface area contributed by atoms with Crippen molar-refractivity contribution in [3.63, 3.8) is 0 Å². The van der Waals surface area contributed by atoms with Crippen LogP contribution >= 0.6 is 0 Å². The van der Waals surface area contributed by atoms with Crippen molar-refractivity contribution in [1.29, 1.82) is 5.26 Å². The Morgan fingerprint density at radius 2 is 2.05 bits per heavy atom. The molecule has 0 saturated carbocycles. The molecular weight excluding hydrogens is 244 g/mol. The zero-order chi connectivity index (χ0) is 14.5. The molecule has 0 aromatic rings. The molecule has 0 N–H and O–H groups in total. The highest BCUT2D eigenvalue weighted by Gasteiger charge is 2.40. The minimum absolute atomic E-state index is 0.145. The van der Waals surface area contributed by atoms with Gasteiger partial charge >= 0.3 is 5.97 Å². The Bertz CT molecular complexity index is 383. The number of esters is 1. The zero-order valence-corrected chi connectivity index (χ0v) is 11.9. The molecule has 5 nitrogen and oxygen atoms in total. The first-order chi connectivity index (χ1) is 9.04. The quantitative estimate of drug-likeness (QED) is 0.726. The van der Waals surface area contributed by atoms with Crippen molar-refractivity contribution < 1.29 is 14.3 Å². The number of likely N-dealkylation sites (tertiary alicyclic amines) is 1. The Morgan fingerprint density at radius 3 is 2.53 bits per heavy atom. The molecule has 1 aliphatic heterocycles. The summed E-state index contributed by atoms with van der Waals surface area (Å²) >= 11 is 0. The minimum Gasteiger partial charge on any atom is -0.469 e. The van der Waals surface area contributed by atoms with Crippen molar-refractivity contribution in [3.8, 4) is 6.07 Å². The molecule has 1 amide bonds. The van der Waals surface area contributed by atoms with E-state index in [4.69, 9.17) is 4.74 Å². The summed E-state index contributed by atoms with van der Waals surface area (Å²) in [6.07, 6.45) is 2.52. The number of nitriles is 1. The van der Waals surface area contributed by atoms with Gasteiger partial charge in [-0.05, 0) is 25.7 Å². The normalized spacial score (nSPS) is 19.7. The van der Waals surface area contributed by atoms with Crippen LogP contribution in [0.25, 0.3) is 0 Å². The average molecular weight is 266 g/mol. The Morgan fingerprint density at radius 1 is 1.42 bits per heavy atom. The number of carbonyl (C=O) groups is 2. The maximum atomic E-state index is 12.5. The van der Waals surface area contributed by atoms with Crippen molar-refractivity contribution in [3.05, 3.63) is 0 Å². The Hall–Kier alpha value is -1.57. The van der Waals surface area contributed by atoms with Crippen molar-refractivity contribution >= 4 is 11.9 Å². The number of hydrogen-bond acceptors (Lipinski definition) is 4. The van der Waals surface area contributed by atoms with E-state index in [0.29, 0.717) is 25.9 Å². The Labute approximate surface area is 114 Å². The second kappa shape index (κ2) is 6.55. The molecule has 106 valence electrons. The number of methoxy groups -OCH3 is 1. The predicted octanol–water partition coefficient (Wildman–Crippen LogP) is 1.73. The fourth-order valence-electron chi connectivity index (χ4n) is 2.58. The van der Waals surface area contributed by atoms with Gasteiger partial charge in [0.25, 0.3) is 0 Å². The van der Waals surface area contributed by atoms with E-state index in [-0.39, 0.29) is 17.8 Å². The Balaban J connectivity index is 2.82. The van der Waals surface area contributed by atoms with E-state index in [2.05, 4.69) is 6.07 Å². The van der Waals surface area contributed by atoms with Crippen LogP contribution in [0.3, 0.4) is 0 Å². The molecule has 1 rings (SSSR count). The van der Waals surface area contributed by atoms with Gasteiger partial charge in [-0.3, -0.25) is 9.59 Å². The second-order valence-electron chi connectivity index (χ2n) is 5.01. The Kier molecular flexibility index (Phi) is 5.34. The van der Waals surface area contributed by atoms with Crippen molar-refractivity contribution in [1.82, 2.24) is 4.90 Å². The van der Waals surface area contributed by atoms with Crippen LogP contribution in [0, 0.1) is 22.7 Å². The van der Waals surface area contributed by atoms with Gasteiger partial charge in [-0.1, -0.05) is 13.8 Å². The molecule has 0 spiro atoms. The number of hydrogen-bond donors (Lipinski definition) is 0. The molecule has 1 atom stereocenters. The first kappa shape index (κ1) is 15.5. The summed E-state index contributed by atoms with van der Waals surface area (Å²) < 4.78 is 4.74. The predicted molar refractivity (Wildman–Crippen MR) is 69.9 cm³/mol. The topological polar surface area (TPSA) is 70.4 Å². The molecule has 1 saturated heterocycles. The minimum atomic E-state index is -0.946. The monoisotopic (exact) mass is 266 g/mol. The highest BCUT2D eigenvalue weighted by molar-refractivity contribution is 5.86. The number of carbonyl (C=O) groups excluding carboxylic acids is 2. The summed E-state index contributed by atoms with van der Waals surface area (Å²) in [5.41, 5.74) is -0.946. The fourth-order valence-corrected chi connectivity index (χ4v) is 2.58. The molecule has 5 heteroatoms. The lowest BCUT2D eigenvalue weighted by Crippen LogP contribution is -2.48. The van der Waals surface area contributed by atoms with E-state index >= 15 is 0 Å². The van der Waals surface area contributed by atoms with Gasteiger partial charge in [-0.25, -0.2) is 0 Å². The smallest absolute Gasteiger partial charge is 0.310 e. The highest BCUT2D eigenvalue weighted by Crippen LogP contribution is 2.30. The second-order valence-corrected chi connectivity index (χ2v) is 5.01. The summed E-state index contributed by atoms with van der Waals surface area (Å²) in [6, 6.07) is 2.16. The number of amides is 1. The molecule has 0 bridgehead atoms. The molecular formula is C14H22N2O3. The number of nitrogens with zero attached hydrogens (tertiary/aromatic N) is 2. The van der Waals surface area contributed by atoms with Crippen LogP contribution in [0.1, 0.15) is 39.5 Å². The van der Waals surface area contributed by atoms with Gasteiger partial charge in [0, 0.05) is 13.1 Å². The molecule has 1 unspecified atom stereocenters. The molecule has 1 heterocycles. The summed E-state index contributed by atoms with van der Waals surface area (Å²) in [7, 11) is 1.36. The number of ether oxygens (including phenoxy) is 1. The van der Waals surface area contributed by atoms with E-state index in [1.165, 1.54) is 7.11 Å². The largest absolute Gasteiger partial charge is 0.469 e. The fraction of sp³-hybridized carbons (Fsp3) is 0.786. The van der Waals surface area contributed by atoms with E-state index in [1.807, 2.05) is 13.8 Å². The highest BCUT2D eigenvalue weighted by atomic mass is 16.5. The first-order valence-corrected chi connectivity index (χ1v) is 6.83. The summed E-state index contributed by atoms with van der Waals surface area (Å²) in [4.78, 5) is 25.7. The van der Waals surface area contributed by atoms with Crippen LogP contribution in [0.5, 0.6) is 0 Å². The van der Waals surface area contributed by atoms with Crippen LogP contribution in [0.15, 0.2) is 0 Å². The van der Waals surface area contributed by atoms with Crippen molar-refractivity contribution in [2.75, 3.05) is 20.2 Å². The third-order valence-corrected chi connectivity index (χ3v) is 4.07. The molecule has 1 fully saturated rings. The van der Waals surface area contributed by atoms with Crippen LogP contribution < -0.4 is 0 Å². The number of piperidine rings is 1. The molecule has 1 aliphatic rings. The van der Waals surface area contributed by atoms with Crippen LogP contribution in [0.2, 0.25) is 0 Å². The van der Waals surface area contributed by atoms with Crippen molar-refractivity contribution in [2.45, 2.75) is 39.5 Å². The maximum Gasteiger partial charge on any atom is 0.310 e.